The summed E-state index contributed by atoms with van der Waals surface area (Å²) in [5, 5.41) is 3.35. The Morgan fingerprint density at radius 1 is 1.16 bits per heavy atom. The molecule has 2 heterocycles. The van der Waals surface area contributed by atoms with Crippen LogP contribution in [0.5, 0.6) is 0 Å². The van der Waals surface area contributed by atoms with Crippen molar-refractivity contribution in [1.82, 2.24) is 4.31 Å². The molecule has 0 radical (unpaired) electrons. The molecule has 2 aromatic carbocycles. The van der Waals surface area contributed by atoms with Crippen molar-refractivity contribution in [2.24, 2.45) is 0 Å². The Morgan fingerprint density at radius 2 is 1.84 bits per heavy atom. The van der Waals surface area contributed by atoms with Crippen LogP contribution in [0.15, 0.2) is 41.3 Å². The lowest BCUT2D eigenvalue weighted by Crippen LogP contribution is -2.40. The molecule has 170 valence electrons. The van der Waals surface area contributed by atoms with Gasteiger partial charge in [0.2, 0.25) is 21.8 Å². The molecule has 2 aromatic rings. The van der Waals surface area contributed by atoms with Gasteiger partial charge in [0.1, 0.15) is 6.54 Å². The molecule has 0 aromatic heterocycles. The fourth-order valence-electron chi connectivity index (χ4n) is 4.28. The summed E-state index contributed by atoms with van der Waals surface area (Å²) < 4.78 is 27.5. The molecule has 7 nitrogen and oxygen atoms in total. The van der Waals surface area contributed by atoms with Crippen molar-refractivity contribution >= 4 is 44.8 Å². The number of nitrogens with zero attached hydrogens (tertiary/aromatic N) is 2. The molecule has 1 N–H and O–H groups in total. The molecule has 0 bridgehead atoms. The van der Waals surface area contributed by atoms with Crippen LogP contribution < -0.4 is 10.2 Å². The van der Waals surface area contributed by atoms with E-state index in [9.17, 15) is 18.0 Å². The molecular weight excluding hydrogens is 450 g/mol. The van der Waals surface area contributed by atoms with Gasteiger partial charge in [0.05, 0.1) is 10.3 Å². The van der Waals surface area contributed by atoms with Crippen molar-refractivity contribution < 1.29 is 18.0 Å². The molecule has 0 spiro atoms. The second-order valence-electron chi connectivity index (χ2n) is 8.77. The van der Waals surface area contributed by atoms with Crippen molar-refractivity contribution in [3.8, 4) is 0 Å². The van der Waals surface area contributed by atoms with Gasteiger partial charge >= 0.3 is 0 Å². The first-order valence-corrected chi connectivity index (χ1v) is 12.4. The highest BCUT2D eigenvalue weighted by Crippen LogP contribution is 2.43. The lowest BCUT2D eigenvalue weighted by Gasteiger charge is -2.20. The van der Waals surface area contributed by atoms with E-state index in [1.807, 2.05) is 0 Å². The fraction of sp³-hybridized carbons (Fsp3) is 0.391. The average molecular weight is 476 g/mol. The smallest absolute Gasteiger partial charge is 0.244 e. The maximum Gasteiger partial charge on any atom is 0.244 e. The van der Waals surface area contributed by atoms with Gasteiger partial charge in [-0.3, -0.25) is 9.59 Å². The Bertz CT molecular complexity index is 1200. The zero-order valence-electron chi connectivity index (χ0n) is 18.3. The molecule has 32 heavy (non-hydrogen) atoms. The summed E-state index contributed by atoms with van der Waals surface area (Å²) >= 11 is 6.13. The van der Waals surface area contributed by atoms with Crippen LogP contribution >= 0.6 is 11.6 Å². The van der Waals surface area contributed by atoms with Gasteiger partial charge in [0, 0.05) is 29.5 Å². The Labute approximate surface area is 193 Å². The molecule has 2 aliphatic heterocycles. The third kappa shape index (κ3) is 3.80. The second kappa shape index (κ2) is 8.17. The molecule has 4 rings (SSSR count). The number of rotatable bonds is 5. The van der Waals surface area contributed by atoms with Gasteiger partial charge in [0.15, 0.2) is 0 Å². The highest BCUT2D eigenvalue weighted by atomic mass is 35.5. The van der Waals surface area contributed by atoms with Crippen LogP contribution in [0.2, 0.25) is 5.02 Å². The van der Waals surface area contributed by atoms with Crippen molar-refractivity contribution in [1.29, 1.82) is 0 Å². The minimum absolute atomic E-state index is 0.180. The van der Waals surface area contributed by atoms with Crippen LogP contribution in [-0.4, -0.2) is 44.2 Å². The summed E-state index contributed by atoms with van der Waals surface area (Å²) in [5.74, 6) is -0.609. The Balaban J connectivity index is 1.62. The molecule has 0 atom stereocenters. The quantitative estimate of drug-likeness (QED) is 0.714. The summed E-state index contributed by atoms with van der Waals surface area (Å²) in [5.41, 5.74) is 1.54. The van der Waals surface area contributed by atoms with E-state index in [-0.39, 0.29) is 23.3 Å². The molecule has 0 unspecified atom stereocenters. The Morgan fingerprint density at radius 3 is 2.53 bits per heavy atom. The molecule has 2 amide bonds. The second-order valence-corrected chi connectivity index (χ2v) is 11.1. The van der Waals surface area contributed by atoms with Crippen molar-refractivity contribution in [3.63, 3.8) is 0 Å². The molecule has 2 aliphatic rings. The van der Waals surface area contributed by atoms with E-state index in [0.29, 0.717) is 35.1 Å². The minimum atomic E-state index is -3.61. The number of carbonyl (C=O) groups is 2. The van der Waals surface area contributed by atoms with Crippen LogP contribution in [-0.2, 0) is 25.0 Å². The van der Waals surface area contributed by atoms with Crippen molar-refractivity contribution in [3.05, 3.63) is 52.5 Å². The van der Waals surface area contributed by atoms with Gasteiger partial charge in [-0.2, -0.15) is 4.31 Å². The van der Waals surface area contributed by atoms with E-state index < -0.39 is 15.4 Å². The van der Waals surface area contributed by atoms with E-state index >= 15 is 0 Å². The first kappa shape index (κ1) is 22.8. The van der Waals surface area contributed by atoms with Crippen molar-refractivity contribution in [2.75, 3.05) is 29.9 Å². The number of sulfonamides is 1. The van der Waals surface area contributed by atoms with Crippen LogP contribution in [0, 0.1) is 6.92 Å². The maximum absolute atomic E-state index is 13.2. The summed E-state index contributed by atoms with van der Waals surface area (Å²) in [6, 6.07) is 9.96. The lowest BCUT2D eigenvalue weighted by molar-refractivity contribution is -0.124. The average Bonchev–Trinajstić information content (AvgIpc) is 3.35. The third-order valence-corrected chi connectivity index (χ3v) is 8.56. The zero-order chi connectivity index (χ0) is 23.3. The number of carbonyl (C=O) groups excluding carboxylic acids is 2. The summed E-state index contributed by atoms with van der Waals surface area (Å²) in [4.78, 5) is 27.5. The van der Waals surface area contributed by atoms with E-state index in [1.54, 1.807) is 51.1 Å². The first-order chi connectivity index (χ1) is 15.0. The van der Waals surface area contributed by atoms with Gasteiger partial charge in [-0.25, -0.2) is 8.42 Å². The number of benzene rings is 2. The highest BCUT2D eigenvalue weighted by molar-refractivity contribution is 7.89. The van der Waals surface area contributed by atoms with E-state index in [0.717, 1.165) is 18.4 Å². The Hall–Kier alpha value is -2.42. The minimum Gasteiger partial charge on any atom is -0.324 e. The number of anilines is 2. The van der Waals surface area contributed by atoms with Gasteiger partial charge < -0.3 is 10.2 Å². The number of hydrogen-bond acceptors (Lipinski definition) is 4. The number of fused-ring (bicyclic) bond motifs is 1. The summed E-state index contributed by atoms with van der Waals surface area (Å²) in [7, 11) is -3.61. The zero-order valence-corrected chi connectivity index (χ0v) is 19.9. The number of halogens is 1. The molecular formula is C23H26ClN3O4S. The molecule has 9 heteroatoms. The predicted molar refractivity (Wildman–Crippen MR) is 125 cm³/mol. The monoisotopic (exact) mass is 475 g/mol. The van der Waals surface area contributed by atoms with Crippen LogP contribution in [0.4, 0.5) is 11.4 Å². The summed E-state index contributed by atoms with van der Waals surface area (Å²) in [6.45, 7) is 6.14. The highest BCUT2D eigenvalue weighted by Gasteiger charge is 2.45. The van der Waals surface area contributed by atoms with E-state index in [1.165, 1.54) is 15.3 Å². The largest absolute Gasteiger partial charge is 0.324 e. The fourth-order valence-corrected chi connectivity index (χ4v) is 6.00. The SMILES string of the molecule is Cc1c(Cl)cccc1NC(=O)CN1C(=O)C(C)(C)c2cc(S(=O)(=O)N3CCCC3)ccc21. The van der Waals surface area contributed by atoms with E-state index in [2.05, 4.69) is 5.32 Å². The maximum atomic E-state index is 13.2. The molecule has 1 saturated heterocycles. The van der Waals surface area contributed by atoms with Gasteiger partial charge in [-0.1, -0.05) is 17.7 Å². The predicted octanol–water partition coefficient (Wildman–Crippen LogP) is 3.70. The third-order valence-electron chi connectivity index (χ3n) is 6.26. The van der Waals surface area contributed by atoms with E-state index in [4.69, 9.17) is 11.6 Å². The van der Waals surface area contributed by atoms with Gasteiger partial charge in [-0.05, 0) is 75.1 Å². The standard InChI is InChI=1S/C23H26ClN3O4S/c1-15-18(24)7-6-8-19(15)25-21(28)14-27-20-10-9-16(13-17(20)23(2,3)22(27)29)32(30,31)26-11-4-5-12-26/h6-10,13H,4-5,11-12,14H2,1-3H3,(H,25,28). The molecule has 0 aliphatic carbocycles. The molecule has 0 saturated carbocycles. The first-order valence-electron chi connectivity index (χ1n) is 10.5. The normalized spacial score (nSPS) is 18.1. The van der Waals surface area contributed by atoms with Crippen LogP contribution in [0.25, 0.3) is 0 Å². The van der Waals surface area contributed by atoms with Crippen LogP contribution in [0.3, 0.4) is 0 Å². The molecule has 1 fully saturated rings. The topological polar surface area (TPSA) is 86.8 Å². The van der Waals surface area contributed by atoms with Crippen LogP contribution in [0.1, 0.15) is 37.8 Å². The van der Waals surface area contributed by atoms with Crippen molar-refractivity contribution in [2.45, 2.75) is 43.9 Å². The van der Waals surface area contributed by atoms with Gasteiger partial charge in [-0.15, -0.1) is 0 Å². The Kier molecular flexibility index (Phi) is 5.81. The number of amides is 2. The van der Waals surface area contributed by atoms with Gasteiger partial charge in [0.25, 0.3) is 0 Å². The summed E-state index contributed by atoms with van der Waals surface area (Å²) in [6.07, 6.45) is 1.70. The lowest BCUT2D eigenvalue weighted by atomic mass is 9.86. The number of nitrogens with one attached hydrogen (secondary N) is 1. The number of hydrogen-bond donors (Lipinski definition) is 1.